The fourth-order valence-electron chi connectivity index (χ4n) is 2.20. The van der Waals surface area contributed by atoms with Crippen LogP contribution in [0.15, 0.2) is 41.7 Å². The van der Waals surface area contributed by atoms with Crippen LogP contribution in [-0.2, 0) is 13.1 Å². The van der Waals surface area contributed by atoms with Crippen molar-refractivity contribution in [2.75, 3.05) is 13.6 Å². The third kappa shape index (κ3) is 4.74. The highest BCUT2D eigenvalue weighted by molar-refractivity contribution is 5.79. The van der Waals surface area contributed by atoms with Crippen molar-refractivity contribution in [1.29, 1.82) is 0 Å². The van der Waals surface area contributed by atoms with Crippen molar-refractivity contribution in [2.24, 2.45) is 4.99 Å². The Hall–Kier alpha value is -2.51. The molecule has 2 aromatic rings. The molecule has 0 amide bonds. The second-order valence-corrected chi connectivity index (χ2v) is 5.18. The minimum absolute atomic E-state index is 0.0351. The molecule has 0 spiro atoms. The van der Waals surface area contributed by atoms with Crippen LogP contribution in [0.4, 0.5) is 13.2 Å². The molecule has 0 unspecified atom stereocenters. The van der Waals surface area contributed by atoms with Crippen molar-refractivity contribution in [3.63, 3.8) is 0 Å². The van der Waals surface area contributed by atoms with Crippen molar-refractivity contribution in [3.05, 3.63) is 53.9 Å². The number of aromatic nitrogens is 2. The van der Waals surface area contributed by atoms with Crippen molar-refractivity contribution in [1.82, 2.24) is 19.8 Å². The van der Waals surface area contributed by atoms with Gasteiger partial charge >= 0.3 is 6.55 Å². The van der Waals surface area contributed by atoms with Gasteiger partial charge in [0, 0.05) is 32.5 Å². The summed E-state index contributed by atoms with van der Waals surface area (Å²) in [4.78, 5) is 10.1. The molecule has 1 aromatic carbocycles. The molecule has 1 heterocycles. The number of rotatable bonds is 6. The normalized spacial score (nSPS) is 11.8. The Morgan fingerprint density at radius 1 is 1.33 bits per heavy atom. The van der Waals surface area contributed by atoms with E-state index in [0.29, 0.717) is 19.0 Å². The first-order valence-corrected chi connectivity index (χ1v) is 7.55. The summed E-state index contributed by atoms with van der Waals surface area (Å²) < 4.78 is 39.4. The van der Waals surface area contributed by atoms with Gasteiger partial charge in [-0.1, -0.05) is 12.1 Å². The van der Waals surface area contributed by atoms with Gasteiger partial charge in [0.15, 0.2) is 5.96 Å². The lowest BCUT2D eigenvalue weighted by atomic mass is 10.2. The number of guanidine groups is 1. The van der Waals surface area contributed by atoms with E-state index in [-0.39, 0.29) is 18.2 Å². The Bertz CT molecular complexity index is 667. The molecule has 8 heteroatoms. The molecule has 0 aliphatic rings. The van der Waals surface area contributed by atoms with E-state index < -0.39 is 6.55 Å². The minimum Gasteiger partial charge on any atom is -0.357 e. The van der Waals surface area contributed by atoms with Gasteiger partial charge in [-0.15, -0.1) is 0 Å². The van der Waals surface area contributed by atoms with Crippen LogP contribution in [0.2, 0.25) is 0 Å². The predicted molar refractivity (Wildman–Crippen MR) is 86.2 cm³/mol. The highest BCUT2D eigenvalue weighted by Gasteiger charge is 2.12. The Balaban J connectivity index is 2.09. The minimum atomic E-state index is -2.64. The molecular weight excluding hydrogens is 319 g/mol. The maximum atomic E-state index is 13.0. The number of benzene rings is 1. The van der Waals surface area contributed by atoms with Gasteiger partial charge in [-0.2, -0.15) is 8.78 Å². The molecule has 0 saturated carbocycles. The van der Waals surface area contributed by atoms with Gasteiger partial charge in [-0.05, 0) is 24.6 Å². The van der Waals surface area contributed by atoms with Crippen molar-refractivity contribution in [2.45, 2.75) is 26.6 Å². The van der Waals surface area contributed by atoms with Crippen LogP contribution >= 0.6 is 0 Å². The first kappa shape index (κ1) is 17.8. The number of nitrogens with one attached hydrogen (secondary N) is 1. The Morgan fingerprint density at radius 2 is 2.04 bits per heavy atom. The van der Waals surface area contributed by atoms with Gasteiger partial charge < -0.3 is 10.2 Å². The van der Waals surface area contributed by atoms with Gasteiger partial charge in [0.05, 0.1) is 0 Å². The molecule has 0 aliphatic heterocycles. The molecule has 0 fully saturated rings. The Morgan fingerprint density at radius 3 is 2.67 bits per heavy atom. The molecule has 130 valence electrons. The van der Waals surface area contributed by atoms with Crippen LogP contribution < -0.4 is 5.32 Å². The van der Waals surface area contributed by atoms with E-state index in [2.05, 4.69) is 15.3 Å². The third-order valence-electron chi connectivity index (χ3n) is 3.36. The Kier molecular flexibility index (Phi) is 6.22. The molecule has 2 rings (SSSR count). The van der Waals surface area contributed by atoms with E-state index in [1.54, 1.807) is 12.1 Å². The summed E-state index contributed by atoms with van der Waals surface area (Å²) in [5, 5.41) is 3.10. The van der Waals surface area contributed by atoms with Gasteiger partial charge in [0.1, 0.15) is 18.2 Å². The summed E-state index contributed by atoms with van der Waals surface area (Å²) in [6, 6.07) is 6.18. The fourth-order valence-corrected chi connectivity index (χ4v) is 2.20. The summed E-state index contributed by atoms with van der Waals surface area (Å²) in [5.74, 6) is 0.460. The standard InChI is InChI=1S/C16H20F3N5/c1-3-20-16(22-10-14-21-8-9-24(14)15(18)19)23(2)11-12-4-6-13(17)7-5-12/h4-9,15H,3,10-11H2,1-2H3,(H,20,22). The van der Waals surface area contributed by atoms with Crippen molar-refractivity contribution in [3.8, 4) is 0 Å². The van der Waals surface area contributed by atoms with Crippen molar-refractivity contribution < 1.29 is 13.2 Å². The lowest BCUT2D eigenvalue weighted by Gasteiger charge is -2.22. The number of nitrogens with zero attached hydrogens (tertiary/aromatic N) is 4. The van der Waals surface area contributed by atoms with E-state index in [4.69, 9.17) is 0 Å². The number of aliphatic imine (C=N–C) groups is 1. The monoisotopic (exact) mass is 339 g/mol. The molecule has 0 bridgehead atoms. The number of hydrogen-bond acceptors (Lipinski definition) is 2. The van der Waals surface area contributed by atoms with E-state index >= 15 is 0 Å². The van der Waals surface area contributed by atoms with Crippen LogP contribution in [0.1, 0.15) is 24.9 Å². The van der Waals surface area contributed by atoms with Gasteiger partial charge in [0.2, 0.25) is 0 Å². The van der Waals surface area contributed by atoms with Gasteiger partial charge in [-0.25, -0.2) is 14.4 Å². The number of imidazole rings is 1. The lowest BCUT2D eigenvalue weighted by Crippen LogP contribution is -2.38. The zero-order chi connectivity index (χ0) is 17.5. The largest absolute Gasteiger partial charge is 0.357 e. The second-order valence-electron chi connectivity index (χ2n) is 5.18. The fraction of sp³-hybridized carbons (Fsp3) is 0.375. The average molecular weight is 339 g/mol. The zero-order valence-corrected chi connectivity index (χ0v) is 13.6. The first-order chi connectivity index (χ1) is 11.5. The summed E-state index contributed by atoms with van der Waals surface area (Å²) in [6.45, 7) is 0.456. The van der Waals surface area contributed by atoms with E-state index in [1.165, 1.54) is 24.5 Å². The van der Waals surface area contributed by atoms with Crippen LogP contribution in [-0.4, -0.2) is 34.0 Å². The van der Waals surface area contributed by atoms with E-state index in [0.717, 1.165) is 10.1 Å². The first-order valence-electron chi connectivity index (χ1n) is 7.55. The molecule has 24 heavy (non-hydrogen) atoms. The predicted octanol–water partition coefficient (Wildman–Crippen LogP) is 3.01. The summed E-state index contributed by atoms with van der Waals surface area (Å²) in [5.41, 5.74) is 0.915. The lowest BCUT2D eigenvalue weighted by molar-refractivity contribution is 0.0671. The zero-order valence-electron chi connectivity index (χ0n) is 13.6. The van der Waals surface area contributed by atoms with Gasteiger partial charge in [-0.3, -0.25) is 4.57 Å². The maximum absolute atomic E-state index is 13.0. The maximum Gasteiger partial charge on any atom is 0.319 e. The molecule has 0 atom stereocenters. The highest BCUT2D eigenvalue weighted by atomic mass is 19.3. The molecule has 0 saturated heterocycles. The van der Waals surface area contributed by atoms with Crippen LogP contribution in [0.25, 0.3) is 0 Å². The molecular formula is C16H20F3N5. The third-order valence-corrected chi connectivity index (χ3v) is 3.36. The summed E-state index contributed by atoms with van der Waals surface area (Å²) in [6.07, 6.45) is 2.55. The smallest absolute Gasteiger partial charge is 0.319 e. The quantitative estimate of drug-likeness (QED) is 0.650. The molecule has 0 aliphatic carbocycles. The summed E-state index contributed by atoms with van der Waals surface area (Å²) >= 11 is 0. The second kappa shape index (κ2) is 8.37. The number of hydrogen-bond donors (Lipinski definition) is 1. The van der Waals surface area contributed by atoms with E-state index in [1.807, 2.05) is 18.9 Å². The molecule has 5 nitrogen and oxygen atoms in total. The van der Waals surface area contributed by atoms with Crippen LogP contribution in [0.3, 0.4) is 0 Å². The van der Waals surface area contributed by atoms with Crippen molar-refractivity contribution >= 4 is 5.96 Å². The number of halogens is 3. The average Bonchev–Trinajstić information content (AvgIpc) is 3.02. The Labute approximate surface area is 138 Å². The van der Waals surface area contributed by atoms with Gasteiger partial charge in [0.25, 0.3) is 0 Å². The van der Waals surface area contributed by atoms with E-state index in [9.17, 15) is 13.2 Å². The van der Waals surface area contributed by atoms with Crippen LogP contribution in [0, 0.1) is 5.82 Å². The topological polar surface area (TPSA) is 45.5 Å². The SMILES string of the molecule is CCNC(=NCc1nccn1C(F)F)N(C)Cc1ccc(F)cc1. The molecule has 1 N–H and O–H groups in total. The highest BCUT2D eigenvalue weighted by Crippen LogP contribution is 2.13. The summed E-state index contributed by atoms with van der Waals surface area (Å²) in [7, 11) is 1.82. The van der Waals surface area contributed by atoms with Crippen LogP contribution in [0.5, 0.6) is 0 Å². The number of alkyl halides is 2. The molecule has 0 radical (unpaired) electrons. The molecule has 1 aromatic heterocycles.